The molecular formula is C23H40N2O2. The summed E-state index contributed by atoms with van der Waals surface area (Å²) in [5.41, 5.74) is 0.130. The lowest BCUT2D eigenvalue weighted by molar-refractivity contribution is -0.107. The van der Waals surface area contributed by atoms with Crippen molar-refractivity contribution in [1.82, 2.24) is 10.6 Å². The lowest BCUT2D eigenvalue weighted by Gasteiger charge is -2.56. The highest BCUT2D eigenvalue weighted by Crippen LogP contribution is 2.55. The standard InChI is InChI=1S/C23H40N2O2/c26-12-10-8-6-4-2-1-3-5-7-9-11-24-22(27)25-23-16-19-13-20(17-23)15-21(14-19)18-23/h12,19-21H,1-11,13-18H2,(H2,24,25,27). The summed E-state index contributed by atoms with van der Waals surface area (Å²) >= 11 is 0. The van der Waals surface area contributed by atoms with Crippen molar-refractivity contribution in [3.05, 3.63) is 0 Å². The molecule has 0 aromatic rings. The Kier molecular flexibility index (Phi) is 8.02. The maximum atomic E-state index is 12.4. The Bertz CT molecular complexity index is 442. The highest BCUT2D eigenvalue weighted by Gasteiger charge is 2.51. The van der Waals surface area contributed by atoms with Crippen molar-refractivity contribution in [2.75, 3.05) is 6.54 Å². The third kappa shape index (κ3) is 6.50. The first-order valence-electron chi connectivity index (χ1n) is 11.7. The summed E-state index contributed by atoms with van der Waals surface area (Å²) in [5, 5.41) is 6.50. The highest BCUT2D eigenvalue weighted by molar-refractivity contribution is 5.74. The molecule has 2 N–H and O–H groups in total. The molecule has 4 saturated carbocycles. The van der Waals surface area contributed by atoms with Crippen LogP contribution in [0.3, 0.4) is 0 Å². The molecule has 2 amide bonds. The van der Waals surface area contributed by atoms with Crippen LogP contribution in [0.5, 0.6) is 0 Å². The summed E-state index contributed by atoms with van der Waals surface area (Å²) in [6.07, 6.45) is 20.7. The number of carbonyl (C=O) groups is 2. The molecule has 4 rings (SSSR count). The number of urea groups is 1. The van der Waals surface area contributed by atoms with Crippen LogP contribution in [0.15, 0.2) is 0 Å². The van der Waals surface area contributed by atoms with Gasteiger partial charge in [-0.25, -0.2) is 4.79 Å². The first-order chi connectivity index (χ1) is 13.2. The zero-order valence-electron chi connectivity index (χ0n) is 17.1. The van der Waals surface area contributed by atoms with E-state index in [1.807, 2.05) is 0 Å². The molecule has 4 aliphatic carbocycles. The Balaban J connectivity index is 1.17. The van der Waals surface area contributed by atoms with Crippen LogP contribution in [-0.4, -0.2) is 24.4 Å². The molecule has 0 aromatic heterocycles. The van der Waals surface area contributed by atoms with Gasteiger partial charge in [0.05, 0.1) is 0 Å². The van der Waals surface area contributed by atoms with E-state index < -0.39 is 0 Å². The van der Waals surface area contributed by atoms with E-state index in [0.717, 1.165) is 49.8 Å². The maximum Gasteiger partial charge on any atom is 0.315 e. The molecule has 4 heteroatoms. The average Bonchev–Trinajstić information content (AvgIpc) is 2.61. The Morgan fingerprint density at radius 2 is 1.26 bits per heavy atom. The van der Waals surface area contributed by atoms with Gasteiger partial charge in [-0.1, -0.05) is 44.9 Å². The summed E-state index contributed by atoms with van der Waals surface area (Å²) in [6.45, 7) is 0.809. The van der Waals surface area contributed by atoms with Crippen LogP contribution < -0.4 is 10.6 Å². The van der Waals surface area contributed by atoms with E-state index >= 15 is 0 Å². The number of hydrogen-bond acceptors (Lipinski definition) is 2. The average molecular weight is 377 g/mol. The second kappa shape index (κ2) is 10.5. The summed E-state index contributed by atoms with van der Waals surface area (Å²) < 4.78 is 0. The minimum Gasteiger partial charge on any atom is -0.338 e. The van der Waals surface area contributed by atoms with Crippen molar-refractivity contribution in [2.24, 2.45) is 17.8 Å². The largest absolute Gasteiger partial charge is 0.338 e. The Morgan fingerprint density at radius 3 is 1.78 bits per heavy atom. The zero-order valence-corrected chi connectivity index (χ0v) is 17.1. The predicted octanol–water partition coefficient (Wildman–Crippen LogP) is 5.35. The second-order valence-electron chi connectivity index (χ2n) is 9.72. The van der Waals surface area contributed by atoms with Gasteiger partial charge in [0.25, 0.3) is 0 Å². The molecule has 154 valence electrons. The van der Waals surface area contributed by atoms with Gasteiger partial charge in [0.2, 0.25) is 0 Å². The molecule has 4 fully saturated rings. The lowest BCUT2D eigenvalue weighted by Crippen LogP contribution is -2.61. The number of carbonyl (C=O) groups excluding carboxylic acids is 2. The molecule has 0 aliphatic heterocycles. The minimum absolute atomic E-state index is 0.0762. The summed E-state index contributed by atoms with van der Waals surface area (Å²) in [6, 6.07) is 0.0762. The Morgan fingerprint density at radius 1 is 0.778 bits per heavy atom. The first kappa shape index (κ1) is 20.7. The fourth-order valence-electron chi connectivity index (χ4n) is 6.34. The van der Waals surface area contributed by atoms with E-state index in [4.69, 9.17) is 0 Å². The highest BCUT2D eigenvalue weighted by atomic mass is 16.2. The minimum atomic E-state index is 0.0762. The van der Waals surface area contributed by atoms with Crippen molar-refractivity contribution in [3.63, 3.8) is 0 Å². The second-order valence-corrected chi connectivity index (χ2v) is 9.72. The molecule has 0 heterocycles. The third-order valence-corrected chi connectivity index (χ3v) is 7.20. The SMILES string of the molecule is O=CCCCCCCCCCCCNC(=O)NC12CC3CC(CC(C3)C1)C2. The molecule has 0 aromatic carbocycles. The number of unbranched alkanes of at least 4 members (excludes halogenated alkanes) is 9. The van der Waals surface area contributed by atoms with E-state index in [-0.39, 0.29) is 11.6 Å². The molecule has 0 spiro atoms. The topological polar surface area (TPSA) is 58.2 Å². The van der Waals surface area contributed by atoms with Crippen molar-refractivity contribution in [2.45, 2.75) is 108 Å². The number of hydrogen-bond donors (Lipinski definition) is 2. The van der Waals surface area contributed by atoms with Crippen molar-refractivity contribution in [1.29, 1.82) is 0 Å². The van der Waals surface area contributed by atoms with Crippen molar-refractivity contribution in [3.8, 4) is 0 Å². The lowest BCUT2D eigenvalue weighted by atomic mass is 9.53. The quantitative estimate of drug-likeness (QED) is 0.336. The van der Waals surface area contributed by atoms with E-state index in [1.165, 1.54) is 83.5 Å². The van der Waals surface area contributed by atoms with Crippen LogP contribution in [-0.2, 0) is 4.79 Å². The number of amides is 2. The van der Waals surface area contributed by atoms with E-state index in [0.29, 0.717) is 0 Å². The van der Waals surface area contributed by atoms with Crippen molar-refractivity contribution < 1.29 is 9.59 Å². The van der Waals surface area contributed by atoms with Gasteiger partial charge in [-0.15, -0.1) is 0 Å². The molecule has 4 bridgehead atoms. The van der Waals surface area contributed by atoms with Gasteiger partial charge in [-0.2, -0.15) is 0 Å². The van der Waals surface area contributed by atoms with Crippen LogP contribution in [0.1, 0.15) is 103 Å². The molecule has 0 radical (unpaired) electrons. The van der Waals surface area contributed by atoms with Gasteiger partial charge in [0.15, 0.2) is 0 Å². The van der Waals surface area contributed by atoms with Gasteiger partial charge in [-0.3, -0.25) is 0 Å². The monoisotopic (exact) mass is 376 g/mol. The van der Waals surface area contributed by atoms with Crippen LogP contribution in [0.4, 0.5) is 4.79 Å². The van der Waals surface area contributed by atoms with Crippen LogP contribution in [0, 0.1) is 17.8 Å². The van der Waals surface area contributed by atoms with Crippen LogP contribution >= 0.6 is 0 Å². The van der Waals surface area contributed by atoms with Gasteiger partial charge in [-0.05, 0) is 69.1 Å². The Labute approximate surface area is 165 Å². The molecule has 4 nitrogen and oxygen atoms in total. The fraction of sp³-hybridized carbons (Fsp3) is 0.913. The predicted molar refractivity (Wildman–Crippen MR) is 110 cm³/mol. The number of aldehydes is 1. The van der Waals surface area contributed by atoms with E-state index in [9.17, 15) is 9.59 Å². The molecule has 0 unspecified atom stereocenters. The van der Waals surface area contributed by atoms with Crippen LogP contribution in [0.25, 0.3) is 0 Å². The van der Waals surface area contributed by atoms with E-state index in [2.05, 4.69) is 10.6 Å². The summed E-state index contributed by atoms with van der Waals surface area (Å²) in [4.78, 5) is 22.6. The normalized spacial score (nSPS) is 31.0. The van der Waals surface area contributed by atoms with Gasteiger partial charge < -0.3 is 15.4 Å². The van der Waals surface area contributed by atoms with Crippen LogP contribution in [0.2, 0.25) is 0 Å². The van der Waals surface area contributed by atoms with Gasteiger partial charge in [0, 0.05) is 18.5 Å². The number of rotatable bonds is 13. The number of nitrogens with one attached hydrogen (secondary N) is 2. The third-order valence-electron chi connectivity index (χ3n) is 7.20. The van der Waals surface area contributed by atoms with E-state index in [1.54, 1.807) is 0 Å². The fourth-order valence-corrected chi connectivity index (χ4v) is 6.34. The zero-order chi connectivity index (χ0) is 19.0. The van der Waals surface area contributed by atoms with Gasteiger partial charge >= 0.3 is 6.03 Å². The van der Waals surface area contributed by atoms with Gasteiger partial charge in [0.1, 0.15) is 6.29 Å². The van der Waals surface area contributed by atoms with Crippen molar-refractivity contribution >= 4 is 12.3 Å². The molecule has 4 aliphatic rings. The smallest absolute Gasteiger partial charge is 0.315 e. The summed E-state index contributed by atoms with van der Waals surface area (Å²) in [5.74, 6) is 2.63. The molecular weight excluding hydrogens is 336 g/mol. The molecule has 0 atom stereocenters. The Hall–Kier alpha value is -1.06. The molecule has 0 saturated heterocycles. The summed E-state index contributed by atoms with van der Waals surface area (Å²) in [7, 11) is 0. The molecule has 27 heavy (non-hydrogen) atoms. The maximum absolute atomic E-state index is 12.4. The first-order valence-corrected chi connectivity index (χ1v) is 11.7.